The van der Waals surface area contributed by atoms with Gasteiger partial charge in [-0.1, -0.05) is 84.1 Å². The first-order chi connectivity index (χ1) is 13.4. The summed E-state index contributed by atoms with van der Waals surface area (Å²) >= 11 is 6.64. The molecule has 4 nitrogen and oxygen atoms in total. The zero-order valence-corrected chi connectivity index (χ0v) is 17.6. The molecule has 3 rings (SSSR count). The average molecular weight is 411 g/mol. The molecule has 1 saturated heterocycles. The van der Waals surface area contributed by atoms with Crippen molar-refractivity contribution >= 4 is 46.2 Å². The average Bonchev–Trinajstić information content (AvgIpc) is 2.95. The Hall–Kier alpha value is -2.44. The Morgan fingerprint density at radius 3 is 2.50 bits per heavy atom. The molecule has 2 amide bonds. The van der Waals surface area contributed by atoms with E-state index in [1.54, 1.807) is 11.9 Å². The number of carbonyl (C=O) groups is 2. The van der Waals surface area contributed by atoms with Gasteiger partial charge in [0.1, 0.15) is 4.32 Å². The molecule has 0 radical (unpaired) electrons. The molecular weight excluding hydrogens is 388 g/mol. The lowest BCUT2D eigenvalue weighted by Crippen LogP contribution is -2.34. The summed E-state index contributed by atoms with van der Waals surface area (Å²) in [6.07, 6.45) is 2.09. The van der Waals surface area contributed by atoms with Gasteiger partial charge in [-0.15, -0.1) is 0 Å². The van der Waals surface area contributed by atoms with Gasteiger partial charge in [-0.05, 0) is 24.1 Å². The van der Waals surface area contributed by atoms with Crippen LogP contribution in [0, 0.1) is 6.92 Å². The normalized spacial score (nSPS) is 15.4. The summed E-state index contributed by atoms with van der Waals surface area (Å²) in [5.74, 6) is -0.144. The Bertz CT molecular complexity index is 908. The van der Waals surface area contributed by atoms with Gasteiger partial charge in [0, 0.05) is 26.6 Å². The van der Waals surface area contributed by atoms with E-state index >= 15 is 0 Å². The van der Waals surface area contributed by atoms with Crippen molar-refractivity contribution in [1.29, 1.82) is 0 Å². The lowest BCUT2D eigenvalue weighted by molar-refractivity contribution is -0.131. The Kier molecular flexibility index (Phi) is 6.65. The van der Waals surface area contributed by atoms with Gasteiger partial charge in [0.05, 0.1) is 4.91 Å². The Balaban J connectivity index is 1.58. The molecule has 2 aromatic rings. The van der Waals surface area contributed by atoms with E-state index in [0.29, 0.717) is 22.3 Å². The Labute approximate surface area is 175 Å². The summed E-state index contributed by atoms with van der Waals surface area (Å²) in [6, 6.07) is 17.8. The van der Waals surface area contributed by atoms with Crippen LogP contribution < -0.4 is 0 Å². The molecule has 0 aromatic heterocycles. The van der Waals surface area contributed by atoms with E-state index in [9.17, 15) is 9.59 Å². The predicted molar refractivity (Wildman–Crippen MR) is 119 cm³/mol. The fourth-order valence-corrected chi connectivity index (χ4v) is 4.16. The van der Waals surface area contributed by atoms with Crippen LogP contribution in [0.1, 0.15) is 23.1 Å². The highest BCUT2D eigenvalue weighted by molar-refractivity contribution is 8.26. The molecule has 0 saturated carbocycles. The second-order valence-electron chi connectivity index (χ2n) is 6.73. The summed E-state index contributed by atoms with van der Waals surface area (Å²) in [4.78, 5) is 28.9. The first-order valence-electron chi connectivity index (χ1n) is 9.04. The van der Waals surface area contributed by atoms with Crippen LogP contribution in [0.15, 0.2) is 59.5 Å². The second-order valence-corrected chi connectivity index (χ2v) is 8.41. The quantitative estimate of drug-likeness (QED) is 0.527. The largest absolute Gasteiger partial charge is 0.341 e. The molecule has 0 bridgehead atoms. The van der Waals surface area contributed by atoms with Gasteiger partial charge in [-0.2, -0.15) is 0 Å². The van der Waals surface area contributed by atoms with Crippen molar-refractivity contribution in [1.82, 2.24) is 9.80 Å². The smallest absolute Gasteiger partial charge is 0.266 e. The number of rotatable bonds is 6. The molecule has 6 heteroatoms. The highest BCUT2D eigenvalue weighted by atomic mass is 32.2. The molecule has 28 heavy (non-hydrogen) atoms. The van der Waals surface area contributed by atoms with E-state index in [1.807, 2.05) is 67.6 Å². The Morgan fingerprint density at radius 1 is 1.14 bits per heavy atom. The van der Waals surface area contributed by atoms with Crippen LogP contribution in [0.2, 0.25) is 0 Å². The molecule has 0 aliphatic carbocycles. The van der Waals surface area contributed by atoms with Crippen LogP contribution in [0.4, 0.5) is 0 Å². The number of nitrogens with zero attached hydrogens (tertiary/aromatic N) is 2. The molecule has 0 atom stereocenters. The molecular formula is C22H22N2O2S2. The summed E-state index contributed by atoms with van der Waals surface area (Å²) in [5.41, 5.74) is 3.21. The van der Waals surface area contributed by atoms with E-state index in [1.165, 1.54) is 22.2 Å². The van der Waals surface area contributed by atoms with Crippen LogP contribution in [-0.2, 0) is 16.1 Å². The van der Waals surface area contributed by atoms with Gasteiger partial charge in [-0.25, -0.2) is 0 Å². The van der Waals surface area contributed by atoms with Gasteiger partial charge < -0.3 is 4.90 Å². The van der Waals surface area contributed by atoms with Crippen LogP contribution in [-0.4, -0.2) is 39.5 Å². The molecule has 1 heterocycles. The third-order valence-corrected chi connectivity index (χ3v) is 5.86. The summed E-state index contributed by atoms with van der Waals surface area (Å²) in [7, 11) is 1.77. The molecule has 1 aliphatic rings. The van der Waals surface area contributed by atoms with Crippen molar-refractivity contribution in [3.05, 3.63) is 76.2 Å². The van der Waals surface area contributed by atoms with Gasteiger partial charge in [0.2, 0.25) is 5.91 Å². The molecule has 1 aliphatic heterocycles. The summed E-state index contributed by atoms with van der Waals surface area (Å²) in [5, 5.41) is 0. The van der Waals surface area contributed by atoms with Crippen LogP contribution in [0.25, 0.3) is 6.08 Å². The SMILES string of the molecule is Cc1ccc(C=C2SC(=S)N(CCC(=O)N(C)Cc3ccccc3)C2=O)cc1. The third-order valence-electron chi connectivity index (χ3n) is 4.49. The van der Waals surface area contributed by atoms with Crippen molar-refractivity contribution in [3.63, 3.8) is 0 Å². The minimum atomic E-state index is -0.130. The summed E-state index contributed by atoms with van der Waals surface area (Å²) < 4.78 is 0.502. The van der Waals surface area contributed by atoms with Gasteiger partial charge >= 0.3 is 0 Å². The minimum absolute atomic E-state index is 0.0135. The summed E-state index contributed by atoms with van der Waals surface area (Å²) in [6.45, 7) is 2.87. The van der Waals surface area contributed by atoms with Crippen molar-refractivity contribution in [2.75, 3.05) is 13.6 Å². The van der Waals surface area contributed by atoms with Crippen LogP contribution in [0.3, 0.4) is 0 Å². The fourth-order valence-electron chi connectivity index (χ4n) is 2.85. The minimum Gasteiger partial charge on any atom is -0.341 e. The van der Waals surface area contributed by atoms with Crippen LogP contribution in [0.5, 0.6) is 0 Å². The number of amides is 2. The second kappa shape index (κ2) is 9.17. The molecule has 1 fully saturated rings. The van der Waals surface area contributed by atoms with E-state index in [-0.39, 0.29) is 18.2 Å². The zero-order chi connectivity index (χ0) is 20.1. The number of aryl methyl sites for hydroxylation is 1. The monoisotopic (exact) mass is 410 g/mol. The first-order valence-corrected chi connectivity index (χ1v) is 10.3. The maximum Gasteiger partial charge on any atom is 0.266 e. The highest BCUT2D eigenvalue weighted by Crippen LogP contribution is 2.32. The standard InChI is InChI=1S/C22H22N2O2S2/c1-16-8-10-17(11-9-16)14-19-21(26)24(22(27)28-19)13-12-20(25)23(2)15-18-6-4-3-5-7-18/h3-11,14H,12-13,15H2,1-2H3. The van der Waals surface area contributed by atoms with Crippen molar-refractivity contribution in [3.8, 4) is 0 Å². The third kappa shape index (κ3) is 5.09. The number of benzene rings is 2. The number of carbonyl (C=O) groups excluding carboxylic acids is 2. The van der Waals surface area contributed by atoms with E-state index < -0.39 is 0 Å². The number of hydrogen-bond acceptors (Lipinski definition) is 4. The first kappa shape index (κ1) is 20.3. The maximum atomic E-state index is 12.7. The van der Waals surface area contributed by atoms with Gasteiger partial charge in [0.25, 0.3) is 5.91 Å². The van der Waals surface area contributed by atoms with E-state index in [2.05, 4.69) is 0 Å². The van der Waals surface area contributed by atoms with E-state index in [4.69, 9.17) is 12.2 Å². The lowest BCUT2D eigenvalue weighted by Gasteiger charge is -2.19. The van der Waals surface area contributed by atoms with Crippen LogP contribution >= 0.6 is 24.0 Å². The van der Waals surface area contributed by atoms with Crippen molar-refractivity contribution < 1.29 is 9.59 Å². The van der Waals surface area contributed by atoms with Crippen molar-refractivity contribution in [2.24, 2.45) is 0 Å². The maximum absolute atomic E-state index is 12.7. The molecule has 144 valence electrons. The fraction of sp³-hybridized carbons (Fsp3) is 0.227. The van der Waals surface area contributed by atoms with Gasteiger partial charge in [0.15, 0.2) is 0 Å². The topological polar surface area (TPSA) is 40.6 Å². The number of hydrogen-bond donors (Lipinski definition) is 0. The number of thioether (sulfide) groups is 1. The Morgan fingerprint density at radius 2 is 1.82 bits per heavy atom. The predicted octanol–water partition coefficient (Wildman–Crippen LogP) is 4.24. The molecule has 0 unspecified atom stereocenters. The number of thiocarbonyl (C=S) groups is 1. The molecule has 0 spiro atoms. The molecule has 2 aromatic carbocycles. The van der Waals surface area contributed by atoms with E-state index in [0.717, 1.165) is 11.1 Å². The molecule has 0 N–H and O–H groups in total. The highest BCUT2D eigenvalue weighted by Gasteiger charge is 2.32. The van der Waals surface area contributed by atoms with Crippen molar-refractivity contribution in [2.45, 2.75) is 19.9 Å². The van der Waals surface area contributed by atoms with Gasteiger partial charge in [-0.3, -0.25) is 14.5 Å². The lowest BCUT2D eigenvalue weighted by atomic mass is 10.1. The zero-order valence-electron chi connectivity index (χ0n) is 15.9.